The van der Waals surface area contributed by atoms with Crippen molar-refractivity contribution in [3.05, 3.63) is 77.3 Å². The van der Waals surface area contributed by atoms with E-state index in [0.717, 1.165) is 36.3 Å². The van der Waals surface area contributed by atoms with Crippen molar-refractivity contribution in [1.29, 1.82) is 0 Å². The van der Waals surface area contributed by atoms with Gasteiger partial charge < -0.3 is 20.4 Å². The van der Waals surface area contributed by atoms with Gasteiger partial charge in [-0.1, -0.05) is 54.1 Å². The van der Waals surface area contributed by atoms with Crippen LogP contribution in [-0.2, 0) is 6.54 Å². The summed E-state index contributed by atoms with van der Waals surface area (Å²) in [6, 6.07) is 22.5. The summed E-state index contributed by atoms with van der Waals surface area (Å²) in [5, 5.41) is 19.9. The van der Waals surface area contributed by atoms with Gasteiger partial charge in [-0.2, -0.15) is 4.41 Å². The number of anilines is 1. The van der Waals surface area contributed by atoms with E-state index in [1.807, 2.05) is 41.3 Å². The van der Waals surface area contributed by atoms with Gasteiger partial charge in [-0.15, -0.1) is 0 Å². The van der Waals surface area contributed by atoms with E-state index in [4.69, 9.17) is 16.3 Å². The number of ether oxygens (including phenoxy) is 1. The number of fused-ring (bicyclic) bond motifs is 1. The van der Waals surface area contributed by atoms with Crippen LogP contribution in [0.3, 0.4) is 0 Å². The van der Waals surface area contributed by atoms with Crippen LogP contribution in [0.4, 0.5) is 5.69 Å². The maximum atomic E-state index is 9.67. The van der Waals surface area contributed by atoms with Crippen LogP contribution in [-0.4, -0.2) is 58.0 Å². The molecule has 0 amide bonds. The third-order valence-electron chi connectivity index (χ3n) is 6.10. The van der Waals surface area contributed by atoms with E-state index in [9.17, 15) is 10.2 Å². The average molecular weight is 498 g/mol. The van der Waals surface area contributed by atoms with Crippen molar-refractivity contribution in [2.24, 2.45) is 0 Å². The molecule has 0 aromatic heterocycles. The molecule has 1 fully saturated rings. The van der Waals surface area contributed by atoms with Gasteiger partial charge in [0.15, 0.2) is 0 Å². The zero-order chi connectivity index (χ0) is 23.5. The van der Waals surface area contributed by atoms with Gasteiger partial charge in [-0.05, 0) is 53.8 Å². The van der Waals surface area contributed by atoms with Gasteiger partial charge >= 0.3 is 0 Å². The number of aliphatic hydroxyl groups is 2. The smallest absolute Gasteiger partial charge is 0.138 e. The lowest BCUT2D eigenvalue weighted by Crippen LogP contribution is -2.24. The largest absolute Gasteiger partial charge is 0.492 e. The lowest BCUT2D eigenvalue weighted by Gasteiger charge is -2.18. The van der Waals surface area contributed by atoms with Gasteiger partial charge in [0.05, 0.1) is 36.1 Å². The van der Waals surface area contributed by atoms with Crippen molar-refractivity contribution in [3.8, 4) is 16.9 Å². The summed E-state index contributed by atoms with van der Waals surface area (Å²) in [4.78, 5) is 3.32. The predicted molar refractivity (Wildman–Crippen MR) is 137 cm³/mol. The van der Waals surface area contributed by atoms with Crippen LogP contribution >= 0.6 is 23.5 Å². The number of hydrogen-bond donors (Lipinski definition) is 3. The molecule has 2 atom stereocenters. The number of nitrogens with one attached hydrogen (secondary N) is 1. The fourth-order valence-corrected chi connectivity index (χ4v) is 5.61. The van der Waals surface area contributed by atoms with Crippen LogP contribution in [0.15, 0.2) is 71.6 Å². The summed E-state index contributed by atoms with van der Waals surface area (Å²) < 4.78 is 8.10. The number of aliphatic hydroxyl groups excluding tert-OH is 2. The van der Waals surface area contributed by atoms with E-state index in [-0.39, 0.29) is 0 Å². The highest BCUT2D eigenvalue weighted by molar-refractivity contribution is 7.97. The van der Waals surface area contributed by atoms with E-state index in [2.05, 4.69) is 40.2 Å². The van der Waals surface area contributed by atoms with Crippen LogP contribution in [0.5, 0.6) is 5.75 Å². The number of benzene rings is 3. The molecular weight excluding hydrogens is 470 g/mol. The van der Waals surface area contributed by atoms with E-state index >= 15 is 0 Å². The molecular formula is C26H28ClN3O3S. The third-order valence-corrected chi connectivity index (χ3v) is 7.52. The molecule has 0 radical (unpaired) electrons. The highest BCUT2D eigenvalue weighted by atomic mass is 35.5. The van der Waals surface area contributed by atoms with Gasteiger partial charge in [0.2, 0.25) is 0 Å². The molecule has 2 aliphatic rings. The summed E-state index contributed by atoms with van der Waals surface area (Å²) in [5.74, 6) is 0.657. The standard InChI is InChI=1S/C26H28ClN3O3S/c27-26-21(9-4-10-24(26)33-13-5-12-29-16-22(31)23(32)17-29)18-7-3-8-20(14-18)28-30-15-19-6-1-2-11-25(19)34-30/h1-4,6-11,14,22-23,28,31-32H,5,12-13,15-17H2. The number of hydrogen-bond acceptors (Lipinski definition) is 7. The van der Waals surface area contributed by atoms with Crippen LogP contribution in [0.2, 0.25) is 5.02 Å². The second kappa shape index (κ2) is 10.6. The fourth-order valence-electron chi connectivity index (χ4n) is 4.34. The SMILES string of the molecule is OC1CN(CCCOc2cccc(-c3cccc(NN4Cc5ccccc5S4)c3)c2Cl)CC1O. The number of likely N-dealkylation sites (tertiary alicyclic amines) is 1. The Balaban J connectivity index is 1.20. The Hall–Kier alpha value is -2.26. The molecule has 0 bridgehead atoms. The molecule has 2 heterocycles. The first-order valence-electron chi connectivity index (χ1n) is 11.5. The topological polar surface area (TPSA) is 68.2 Å². The van der Waals surface area contributed by atoms with Gasteiger partial charge in [0, 0.05) is 30.1 Å². The van der Waals surface area contributed by atoms with Crippen molar-refractivity contribution >= 4 is 29.2 Å². The highest BCUT2D eigenvalue weighted by Gasteiger charge is 2.28. The number of nitrogens with zero attached hydrogens (tertiary/aromatic N) is 2. The Kier molecular flexibility index (Phi) is 7.29. The summed E-state index contributed by atoms with van der Waals surface area (Å²) in [6.45, 7) is 3.12. The minimum absolute atomic E-state index is 0.504. The molecule has 1 saturated heterocycles. The molecule has 178 valence electrons. The zero-order valence-electron chi connectivity index (χ0n) is 18.7. The highest BCUT2D eigenvalue weighted by Crippen LogP contribution is 2.38. The normalized spacial score (nSPS) is 20.4. The third kappa shape index (κ3) is 5.35. The molecule has 3 aromatic carbocycles. The molecule has 5 rings (SSSR count). The first-order chi connectivity index (χ1) is 16.6. The van der Waals surface area contributed by atoms with Crippen molar-refractivity contribution < 1.29 is 14.9 Å². The number of hydrazine groups is 1. The quantitative estimate of drug-likeness (QED) is 0.309. The monoisotopic (exact) mass is 497 g/mol. The zero-order valence-corrected chi connectivity index (χ0v) is 20.3. The molecule has 3 aromatic rings. The Morgan fingerprint density at radius 1 is 1.00 bits per heavy atom. The average Bonchev–Trinajstić information content (AvgIpc) is 3.39. The Morgan fingerprint density at radius 3 is 2.62 bits per heavy atom. The lowest BCUT2D eigenvalue weighted by atomic mass is 10.0. The van der Waals surface area contributed by atoms with Crippen LogP contribution in [0.1, 0.15) is 12.0 Å². The van der Waals surface area contributed by atoms with Crippen LogP contribution in [0.25, 0.3) is 11.1 Å². The second-order valence-electron chi connectivity index (χ2n) is 8.64. The van der Waals surface area contributed by atoms with Crippen molar-refractivity contribution in [2.45, 2.75) is 30.1 Å². The summed E-state index contributed by atoms with van der Waals surface area (Å²) in [5.41, 5.74) is 7.74. The summed E-state index contributed by atoms with van der Waals surface area (Å²) in [7, 11) is 0. The summed E-state index contributed by atoms with van der Waals surface area (Å²) >= 11 is 8.44. The lowest BCUT2D eigenvalue weighted by molar-refractivity contribution is 0.0572. The van der Waals surface area contributed by atoms with Crippen LogP contribution < -0.4 is 10.2 Å². The van der Waals surface area contributed by atoms with E-state index in [0.29, 0.717) is 30.5 Å². The molecule has 2 unspecified atom stereocenters. The molecule has 0 saturated carbocycles. The first kappa shape index (κ1) is 23.5. The second-order valence-corrected chi connectivity index (χ2v) is 10.1. The number of β-amino-alcohol motifs (C(OH)–C–C–N with tert-alkyl or cyclic N) is 2. The minimum Gasteiger partial charge on any atom is -0.492 e. The molecule has 2 aliphatic heterocycles. The summed E-state index contributed by atoms with van der Waals surface area (Å²) in [6.07, 6.45) is -0.525. The predicted octanol–water partition coefficient (Wildman–Crippen LogP) is 4.66. The molecule has 6 nitrogen and oxygen atoms in total. The maximum absolute atomic E-state index is 9.67. The van der Waals surface area contributed by atoms with Gasteiger partial charge in [-0.25, -0.2) is 0 Å². The van der Waals surface area contributed by atoms with E-state index in [1.54, 1.807) is 11.9 Å². The van der Waals surface area contributed by atoms with Crippen LogP contribution in [0, 0.1) is 0 Å². The number of halogens is 1. The Morgan fingerprint density at radius 2 is 1.79 bits per heavy atom. The van der Waals surface area contributed by atoms with Crippen molar-refractivity contribution in [1.82, 2.24) is 9.31 Å². The van der Waals surface area contributed by atoms with Crippen molar-refractivity contribution in [3.63, 3.8) is 0 Å². The number of rotatable bonds is 8. The van der Waals surface area contributed by atoms with E-state index < -0.39 is 12.2 Å². The van der Waals surface area contributed by atoms with Gasteiger partial charge in [-0.3, -0.25) is 4.90 Å². The minimum atomic E-state index is -0.656. The fraction of sp³-hybridized carbons (Fsp3) is 0.308. The molecule has 0 spiro atoms. The Bertz CT molecular complexity index is 1110. The molecule has 3 N–H and O–H groups in total. The molecule has 8 heteroatoms. The molecule has 34 heavy (non-hydrogen) atoms. The Labute approximate surface area is 209 Å². The van der Waals surface area contributed by atoms with Gasteiger partial charge in [0.25, 0.3) is 0 Å². The van der Waals surface area contributed by atoms with Crippen molar-refractivity contribution in [2.75, 3.05) is 31.7 Å². The first-order valence-corrected chi connectivity index (χ1v) is 12.6. The maximum Gasteiger partial charge on any atom is 0.138 e. The molecule has 0 aliphatic carbocycles. The van der Waals surface area contributed by atoms with Gasteiger partial charge in [0.1, 0.15) is 5.75 Å². The van der Waals surface area contributed by atoms with E-state index in [1.165, 1.54) is 10.5 Å².